The molecule has 0 saturated heterocycles. The van der Waals surface area contributed by atoms with Crippen molar-refractivity contribution in [2.45, 2.75) is 0 Å². The Balaban J connectivity index is 1.63. The first-order chi connectivity index (χ1) is 18.8. The predicted octanol–water partition coefficient (Wildman–Crippen LogP) is 9.55. The molecule has 6 nitrogen and oxygen atoms in total. The SMILES string of the molecule is c1ccc(OP(N=P(Oc2ccccc2)(Oc2ccccc2)Oc2ccccc2)Oc2ccccc2)cc1. The van der Waals surface area contributed by atoms with E-state index in [-0.39, 0.29) is 0 Å². The zero-order chi connectivity index (χ0) is 25.9. The Kier molecular flexibility index (Phi) is 8.58. The number of nitrogens with zero attached hydrogens (tertiary/aromatic N) is 1. The Labute approximate surface area is 223 Å². The lowest BCUT2D eigenvalue weighted by Crippen LogP contribution is -2.09. The van der Waals surface area contributed by atoms with Crippen molar-refractivity contribution in [2.75, 3.05) is 0 Å². The Bertz CT molecular complexity index is 1290. The van der Waals surface area contributed by atoms with Crippen molar-refractivity contribution in [3.63, 3.8) is 0 Å². The molecule has 0 aliphatic rings. The van der Waals surface area contributed by atoms with Crippen LogP contribution >= 0.6 is 16.3 Å². The lowest BCUT2D eigenvalue weighted by atomic mass is 10.3. The summed E-state index contributed by atoms with van der Waals surface area (Å²) in [7, 11) is -5.58. The van der Waals surface area contributed by atoms with E-state index in [4.69, 9.17) is 27.1 Å². The molecule has 0 aromatic heterocycles. The van der Waals surface area contributed by atoms with Gasteiger partial charge in [0.1, 0.15) is 28.7 Å². The zero-order valence-corrected chi connectivity index (χ0v) is 22.1. The lowest BCUT2D eigenvalue weighted by molar-refractivity contribution is 0.370. The smallest absolute Gasteiger partial charge is 0.422 e. The van der Waals surface area contributed by atoms with Gasteiger partial charge in [-0.15, -0.1) is 0 Å². The van der Waals surface area contributed by atoms with E-state index >= 15 is 0 Å². The quantitative estimate of drug-likeness (QED) is 0.156. The van der Waals surface area contributed by atoms with Crippen LogP contribution in [0.2, 0.25) is 0 Å². The second-order valence-electron chi connectivity index (χ2n) is 7.82. The van der Waals surface area contributed by atoms with Crippen LogP contribution in [0, 0.1) is 0 Å². The van der Waals surface area contributed by atoms with Crippen LogP contribution in [0.5, 0.6) is 28.7 Å². The third kappa shape index (κ3) is 7.39. The highest BCUT2D eigenvalue weighted by Crippen LogP contribution is 2.60. The zero-order valence-electron chi connectivity index (χ0n) is 20.3. The fraction of sp³-hybridized carbons (Fsp3) is 0. The number of rotatable bonds is 11. The van der Waals surface area contributed by atoms with Crippen molar-refractivity contribution in [3.05, 3.63) is 152 Å². The molecule has 0 atom stereocenters. The summed E-state index contributed by atoms with van der Waals surface area (Å²) < 4.78 is 36.9. The minimum absolute atomic E-state index is 0.533. The van der Waals surface area contributed by atoms with Gasteiger partial charge in [-0.2, -0.15) is 0 Å². The summed E-state index contributed by atoms with van der Waals surface area (Å²) in [5.74, 6) is 2.79. The van der Waals surface area contributed by atoms with Crippen molar-refractivity contribution in [1.29, 1.82) is 0 Å². The van der Waals surface area contributed by atoms with Crippen molar-refractivity contribution < 1.29 is 22.6 Å². The number of para-hydroxylation sites is 5. The maximum absolute atomic E-state index is 6.47. The first-order valence-corrected chi connectivity index (χ1v) is 14.5. The highest BCUT2D eigenvalue weighted by atomic mass is 31.2. The van der Waals surface area contributed by atoms with Gasteiger partial charge < -0.3 is 22.6 Å². The van der Waals surface area contributed by atoms with Crippen molar-refractivity contribution >= 4 is 16.3 Å². The molecule has 0 N–H and O–H groups in total. The van der Waals surface area contributed by atoms with Crippen molar-refractivity contribution in [2.24, 2.45) is 4.52 Å². The molecule has 190 valence electrons. The molecular formula is C30H25NO5P2. The number of hydrogen-bond donors (Lipinski definition) is 0. The van der Waals surface area contributed by atoms with Gasteiger partial charge in [0, 0.05) is 0 Å². The average Bonchev–Trinajstić information content (AvgIpc) is 2.96. The van der Waals surface area contributed by atoms with E-state index in [1.54, 1.807) is 0 Å². The first kappa shape index (κ1) is 25.4. The standard InChI is InChI=1S/C30H25NO5P2/c1-6-16-26(17-7-1)32-37(33-27-18-8-2-9-19-27)31-38(34-28-20-10-3-11-21-28,35-29-22-12-4-13-23-29)36-30-24-14-5-15-25-30/h1-25H. The second-order valence-corrected chi connectivity index (χ2v) is 10.9. The molecule has 5 aromatic carbocycles. The molecule has 0 bridgehead atoms. The summed E-state index contributed by atoms with van der Waals surface area (Å²) in [5.41, 5.74) is 0. The fourth-order valence-electron chi connectivity index (χ4n) is 3.24. The summed E-state index contributed by atoms with van der Waals surface area (Å²) in [5, 5.41) is 0. The van der Waals surface area contributed by atoms with Crippen LogP contribution in [0.15, 0.2) is 156 Å². The molecule has 8 heteroatoms. The van der Waals surface area contributed by atoms with Gasteiger partial charge in [-0.3, -0.25) is 0 Å². The van der Waals surface area contributed by atoms with E-state index in [1.807, 2.05) is 152 Å². The van der Waals surface area contributed by atoms with E-state index in [2.05, 4.69) is 0 Å². The number of hydrogen-bond acceptors (Lipinski definition) is 6. The summed E-state index contributed by atoms with van der Waals surface area (Å²) in [4.78, 5) is 0. The van der Waals surface area contributed by atoms with Gasteiger partial charge in [0.15, 0.2) is 0 Å². The van der Waals surface area contributed by atoms with E-state index in [1.165, 1.54) is 0 Å². The van der Waals surface area contributed by atoms with Gasteiger partial charge in [0.05, 0.1) is 0 Å². The minimum Gasteiger partial charge on any atom is -0.422 e. The Morgan fingerprint density at radius 1 is 0.368 bits per heavy atom. The molecule has 0 unspecified atom stereocenters. The van der Waals surface area contributed by atoms with Gasteiger partial charge in [-0.25, -0.2) is 0 Å². The first-order valence-electron chi connectivity index (χ1n) is 11.9. The summed E-state index contributed by atoms with van der Waals surface area (Å²) >= 11 is 0. The summed E-state index contributed by atoms with van der Waals surface area (Å²) in [6, 6.07) is 46.6. The molecule has 5 aromatic rings. The molecule has 0 saturated carbocycles. The summed E-state index contributed by atoms with van der Waals surface area (Å²) in [6.07, 6.45) is 0. The molecular weight excluding hydrogens is 516 g/mol. The fourth-order valence-corrected chi connectivity index (χ4v) is 6.61. The van der Waals surface area contributed by atoms with Crippen LogP contribution in [0.25, 0.3) is 0 Å². The molecule has 0 radical (unpaired) electrons. The van der Waals surface area contributed by atoms with Crippen LogP contribution in [0.1, 0.15) is 0 Å². The molecule has 0 heterocycles. The van der Waals surface area contributed by atoms with Crippen molar-refractivity contribution in [1.82, 2.24) is 0 Å². The van der Waals surface area contributed by atoms with Crippen LogP contribution in [0.4, 0.5) is 0 Å². The number of benzene rings is 5. The maximum atomic E-state index is 6.47. The Morgan fingerprint density at radius 2 is 0.632 bits per heavy atom. The van der Waals surface area contributed by atoms with Gasteiger partial charge >= 0.3 is 16.3 Å². The van der Waals surface area contributed by atoms with E-state index < -0.39 is 16.3 Å². The molecule has 0 fully saturated rings. The Morgan fingerprint density at radius 3 is 0.921 bits per heavy atom. The van der Waals surface area contributed by atoms with Gasteiger partial charge in [-0.1, -0.05) is 95.5 Å². The lowest BCUT2D eigenvalue weighted by Gasteiger charge is -2.26. The van der Waals surface area contributed by atoms with Crippen molar-refractivity contribution in [3.8, 4) is 28.7 Å². The minimum atomic E-state index is -3.59. The molecule has 0 aliphatic carbocycles. The maximum Gasteiger partial charge on any atom is 0.532 e. The largest absolute Gasteiger partial charge is 0.532 e. The summed E-state index contributed by atoms with van der Waals surface area (Å²) in [6.45, 7) is 0. The van der Waals surface area contributed by atoms with Gasteiger partial charge in [0.2, 0.25) is 0 Å². The molecule has 5 rings (SSSR count). The van der Waals surface area contributed by atoms with Crippen LogP contribution in [-0.2, 0) is 0 Å². The second kappa shape index (κ2) is 12.8. The van der Waals surface area contributed by atoms with Crippen LogP contribution < -0.4 is 22.6 Å². The highest BCUT2D eigenvalue weighted by Gasteiger charge is 2.35. The third-order valence-electron chi connectivity index (χ3n) is 4.93. The van der Waals surface area contributed by atoms with Crippen LogP contribution in [-0.4, -0.2) is 0 Å². The molecule has 0 spiro atoms. The van der Waals surface area contributed by atoms with E-state index in [0.717, 1.165) is 0 Å². The predicted molar refractivity (Wildman–Crippen MR) is 152 cm³/mol. The highest BCUT2D eigenvalue weighted by molar-refractivity contribution is 7.62. The molecule has 0 aliphatic heterocycles. The van der Waals surface area contributed by atoms with E-state index in [0.29, 0.717) is 28.7 Å². The van der Waals surface area contributed by atoms with Gasteiger partial charge in [0.25, 0.3) is 0 Å². The van der Waals surface area contributed by atoms with Crippen LogP contribution in [0.3, 0.4) is 0 Å². The van der Waals surface area contributed by atoms with E-state index in [9.17, 15) is 0 Å². The molecule has 38 heavy (non-hydrogen) atoms. The monoisotopic (exact) mass is 541 g/mol. The average molecular weight is 541 g/mol. The normalized spacial score (nSPS) is 10.9. The third-order valence-corrected chi connectivity index (χ3v) is 8.45. The topological polar surface area (TPSA) is 58.5 Å². The Hall–Kier alpha value is -4.24. The molecule has 0 amide bonds. The van der Waals surface area contributed by atoms with Gasteiger partial charge in [-0.05, 0) is 60.7 Å².